The molecule has 12 heteroatoms. The summed E-state index contributed by atoms with van der Waals surface area (Å²) in [6.45, 7) is 0. The number of ether oxygens (including phenoxy) is 1. The summed E-state index contributed by atoms with van der Waals surface area (Å²) in [5.41, 5.74) is -1.66. The summed E-state index contributed by atoms with van der Waals surface area (Å²) in [5.74, 6) is -4.17. The number of anilines is 1. The van der Waals surface area contributed by atoms with Gasteiger partial charge in [0.1, 0.15) is 11.6 Å². The first-order valence-corrected chi connectivity index (χ1v) is 8.37. The molecular formula is C19H12F3N3O6. The Morgan fingerprint density at radius 2 is 1.81 bits per heavy atom. The second-order valence-corrected chi connectivity index (χ2v) is 6.03. The van der Waals surface area contributed by atoms with Crippen molar-refractivity contribution in [2.24, 2.45) is 0 Å². The van der Waals surface area contributed by atoms with Crippen molar-refractivity contribution >= 4 is 17.6 Å². The first-order valence-electron chi connectivity index (χ1n) is 8.37. The molecule has 1 heterocycles. The van der Waals surface area contributed by atoms with Crippen molar-refractivity contribution in [3.63, 3.8) is 0 Å². The third kappa shape index (κ3) is 5.18. The summed E-state index contributed by atoms with van der Waals surface area (Å²) in [7, 11) is 0. The van der Waals surface area contributed by atoms with Crippen LogP contribution >= 0.6 is 0 Å². The van der Waals surface area contributed by atoms with Gasteiger partial charge in [0.25, 0.3) is 11.5 Å². The van der Waals surface area contributed by atoms with Crippen LogP contribution in [0.15, 0.2) is 53.3 Å². The van der Waals surface area contributed by atoms with E-state index in [1.807, 2.05) is 0 Å². The molecule has 0 saturated carbocycles. The van der Waals surface area contributed by atoms with E-state index in [1.165, 1.54) is 36.4 Å². The van der Waals surface area contributed by atoms with Crippen molar-refractivity contribution in [2.75, 3.05) is 5.32 Å². The summed E-state index contributed by atoms with van der Waals surface area (Å²) in [6, 6.07) is 10.1. The monoisotopic (exact) mass is 435 g/mol. The molecular weight excluding hydrogens is 423 g/mol. The van der Waals surface area contributed by atoms with E-state index in [0.717, 1.165) is 12.1 Å². The van der Waals surface area contributed by atoms with Gasteiger partial charge in [0.05, 0.1) is 0 Å². The number of aromatic carboxylic acids is 1. The van der Waals surface area contributed by atoms with Crippen LogP contribution in [0.4, 0.5) is 18.9 Å². The Labute approximate surface area is 170 Å². The highest BCUT2D eigenvalue weighted by Gasteiger charge is 2.31. The number of nitrogens with zero attached hydrogens (tertiary/aromatic N) is 1. The number of aromatic nitrogens is 2. The number of hydrogen-bond donors (Lipinski definition) is 4. The van der Waals surface area contributed by atoms with Gasteiger partial charge >= 0.3 is 12.3 Å². The van der Waals surface area contributed by atoms with Crippen LogP contribution in [0.2, 0.25) is 0 Å². The maximum absolute atomic E-state index is 12.4. The lowest BCUT2D eigenvalue weighted by Crippen LogP contribution is -2.18. The number of amides is 1. The van der Waals surface area contributed by atoms with Crippen molar-refractivity contribution in [1.82, 2.24) is 9.97 Å². The van der Waals surface area contributed by atoms with Crippen molar-refractivity contribution in [1.29, 1.82) is 0 Å². The molecule has 3 rings (SSSR count). The number of aromatic hydroxyl groups is 1. The fourth-order valence-corrected chi connectivity index (χ4v) is 2.53. The number of carbonyl (C=O) groups excluding carboxylic acids is 1. The average molecular weight is 435 g/mol. The number of carboxylic acids is 1. The molecule has 0 aliphatic heterocycles. The zero-order valence-electron chi connectivity index (χ0n) is 15.2. The molecule has 0 unspecified atom stereocenters. The van der Waals surface area contributed by atoms with E-state index in [4.69, 9.17) is 5.11 Å². The highest BCUT2D eigenvalue weighted by Crippen LogP contribution is 2.25. The predicted molar refractivity (Wildman–Crippen MR) is 100.0 cm³/mol. The molecule has 4 N–H and O–H groups in total. The van der Waals surface area contributed by atoms with Crippen LogP contribution in [0.5, 0.6) is 11.5 Å². The topological polar surface area (TPSA) is 142 Å². The van der Waals surface area contributed by atoms with E-state index in [9.17, 15) is 32.7 Å². The quantitative estimate of drug-likeness (QED) is 0.483. The molecule has 0 saturated heterocycles. The standard InChI is InChI=1S/C19H12F3N3O6/c20-19(21,22)31-12-6-2-4-10(8-12)16(27)23-11-5-1-3-9(7-11)15-24-13(18(29)30)14(26)17(28)25-15/h1-8,26H,(H,23,27)(H,29,30)(H,24,25,28). The zero-order chi connectivity index (χ0) is 22.8. The second kappa shape index (κ2) is 8.18. The minimum Gasteiger partial charge on any atom is -0.501 e. The number of H-pyrrole nitrogens is 1. The van der Waals surface area contributed by atoms with Crippen LogP contribution in [0.3, 0.4) is 0 Å². The maximum Gasteiger partial charge on any atom is 0.573 e. The fourth-order valence-electron chi connectivity index (χ4n) is 2.53. The molecule has 0 fully saturated rings. The van der Waals surface area contributed by atoms with Crippen LogP contribution in [-0.4, -0.2) is 38.4 Å². The van der Waals surface area contributed by atoms with Gasteiger partial charge in [0.2, 0.25) is 5.75 Å². The van der Waals surface area contributed by atoms with Gasteiger partial charge in [-0.1, -0.05) is 18.2 Å². The third-order valence-electron chi connectivity index (χ3n) is 3.82. The van der Waals surface area contributed by atoms with Crippen LogP contribution < -0.4 is 15.6 Å². The summed E-state index contributed by atoms with van der Waals surface area (Å²) < 4.78 is 40.8. The summed E-state index contributed by atoms with van der Waals surface area (Å²) in [5, 5.41) is 21.0. The number of halogens is 3. The number of hydrogen-bond acceptors (Lipinski definition) is 6. The number of aromatic amines is 1. The first kappa shape index (κ1) is 21.4. The molecule has 0 atom stereocenters. The van der Waals surface area contributed by atoms with Gasteiger partial charge in [-0.15, -0.1) is 13.2 Å². The molecule has 1 aromatic heterocycles. The zero-order valence-corrected chi connectivity index (χ0v) is 15.2. The number of rotatable bonds is 5. The largest absolute Gasteiger partial charge is 0.573 e. The Bertz CT molecular complexity index is 1220. The van der Waals surface area contributed by atoms with Gasteiger partial charge in [-0.2, -0.15) is 0 Å². The molecule has 0 aliphatic carbocycles. The Kier molecular flexibility index (Phi) is 5.64. The minimum atomic E-state index is -4.91. The SMILES string of the molecule is O=C(Nc1cccc(-c2nc(C(=O)O)c(O)c(=O)[nH]2)c1)c1cccc(OC(F)(F)F)c1. The first-order chi connectivity index (χ1) is 14.5. The molecule has 160 valence electrons. The van der Waals surface area contributed by atoms with E-state index < -0.39 is 41.0 Å². The Balaban J connectivity index is 1.87. The van der Waals surface area contributed by atoms with Crippen molar-refractivity contribution < 1.29 is 37.7 Å². The molecule has 0 aliphatic rings. The average Bonchev–Trinajstić information content (AvgIpc) is 2.68. The Morgan fingerprint density at radius 3 is 2.48 bits per heavy atom. The lowest BCUT2D eigenvalue weighted by molar-refractivity contribution is -0.274. The van der Waals surface area contributed by atoms with Gasteiger partial charge < -0.3 is 25.3 Å². The van der Waals surface area contributed by atoms with E-state index in [2.05, 4.69) is 20.0 Å². The normalized spacial score (nSPS) is 11.1. The minimum absolute atomic E-state index is 0.114. The van der Waals surface area contributed by atoms with E-state index in [-0.39, 0.29) is 22.6 Å². The molecule has 9 nitrogen and oxygen atoms in total. The fraction of sp³-hybridized carbons (Fsp3) is 0.0526. The number of benzene rings is 2. The number of carbonyl (C=O) groups is 2. The lowest BCUT2D eigenvalue weighted by Gasteiger charge is -2.11. The van der Waals surface area contributed by atoms with E-state index in [1.54, 1.807) is 0 Å². The third-order valence-corrected chi connectivity index (χ3v) is 3.82. The van der Waals surface area contributed by atoms with Gasteiger partial charge in [0, 0.05) is 16.8 Å². The highest BCUT2D eigenvalue weighted by molar-refractivity contribution is 6.04. The van der Waals surface area contributed by atoms with Crippen LogP contribution in [-0.2, 0) is 0 Å². The number of alkyl halides is 3. The summed E-state index contributed by atoms with van der Waals surface area (Å²) in [6.07, 6.45) is -4.91. The predicted octanol–water partition coefficient (Wildman–Crippen LogP) is 2.99. The molecule has 1 amide bonds. The maximum atomic E-state index is 12.4. The van der Waals surface area contributed by atoms with E-state index >= 15 is 0 Å². The van der Waals surface area contributed by atoms with Crippen molar-refractivity contribution in [2.45, 2.75) is 6.36 Å². The Morgan fingerprint density at radius 1 is 1.10 bits per heavy atom. The van der Waals surface area contributed by atoms with Gasteiger partial charge in [-0.25, -0.2) is 9.78 Å². The lowest BCUT2D eigenvalue weighted by atomic mass is 10.1. The van der Waals surface area contributed by atoms with E-state index in [0.29, 0.717) is 0 Å². The smallest absolute Gasteiger partial charge is 0.501 e. The van der Waals surface area contributed by atoms with Crippen LogP contribution in [0, 0.1) is 0 Å². The van der Waals surface area contributed by atoms with Crippen molar-refractivity contribution in [3.8, 4) is 22.9 Å². The van der Waals surface area contributed by atoms with Crippen LogP contribution in [0.25, 0.3) is 11.4 Å². The molecule has 31 heavy (non-hydrogen) atoms. The van der Waals surface area contributed by atoms with Crippen LogP contribution in [0.1, 0.15) is 20.8 Å². The van der Waals surface area contributed by atoms with Gasteiger partial charge in [-0.05, 0) is 30.3 Å². The highest BCUT2D eigenvalue weighted by atomic mass is 19.4. The second-order valence-electron chi connectivity index (χ2n) is 6.03. The molecule has 0 radical (unpaired) electrons. The molecule has 0 bridgehead atoms. The van der Waals surface area contributed by atoms with Gasteiger partial charge in [-0.3, -0.25) is 9.59 Å². The van der Waals surface area contributed by atoms with Gasteiger partial charge in [0.15, 0.2) is 5.69 Å². The molecule has 2 aromatic carbocycles. The Hall–Kier alpha value is -4.35. The molecule has 0 spiro atoms. The number of carboxylic acid groups (broad SMARTS) is 1. The molecule has 3 aromatic rings. The van der Waals surface area contributed by atoms with Crippen molar-refractivity contribution in [3.05, 3.63) is 70.1 Å². The summed E-state index contributed by atoms with van der Waals surface area (Å²) in [4.78, 5) is 41.2. The number of nitrogens with one attached hydrogen (secondary N) is 2. The summed E-state index contributed by atoms with van der Waals surface area (Å²) >= 11 is 0.